The van der Waals surface area contributed by atoms with Gasteiger partial charge in [0.05, 0.1) is 22.8 Å². The number of carbonyl (C=O) groups is 1. The molecule has 1 aromatic carbocycles. The SMILES string of the molecule is CCCC(OC)Oc1ccc(S(=O)(=O)N2Cc3nccnc3CC2C(=O)NO)cc1. The fraction of sp³-hybridized carbons (Fsp3) is 0.421. The predicted octanol–water partition coefficient (Wildman–Crippen LogP) is 1.25. The third-order valence-electron chi connectivity index (χ3n) is 4.80. The first-order valence-electron chi connectivity index (χ1n) is 9.44. The molecule has 1 aliphatic heterocycles. The van der Waals surface area contributed by atoms with E-state index in [1.54, 1.807) is 12.6 Å². The van der Waals surface area contributed by atoms with E-state index in [4.69, 9.17) is 14.7 Å². The number of carbonyl (C=O) groups excluding carboxylic acids is 1. The highest BCUT2D eigenvalue weighted by Crippen LogP contribution is 2.28. The topological polar surface area (TPSA) is 131 Å². The summed E-state index contributed by atoms with van der Waals surface area (Å²) in [7, 11) is -2.52. The zero-order valence-electron chi connectivity index (χ0n) is 16.7. The van der Waals surface area contributed by atoms with Crippen molar-refractivity contribution >= 4 is 15.9 Å². The van der Waals surface area contributed by atoms with Crippen LogP contribution in [-0.4, -0.2) is 53.2 Å². The zero-order chi connectivity index (χ0) is 21.7. The number of hydroxylamine groups is 1. The van der Waals surface area contributed by atoms with Crippen molar-refractivity contribution in [2.75, 3.05) is 7.11 Å². The van der Waals surface area contributed by atoms with Gasteiger partial charge in [-0.1, -0.05) is 13.3 Å². The molecule has 1 aromatic heterocycles. The summed E-state index contributed by atoms with van der Waals surface area (Å²) in [6.45, 7) is 1.87. The lowest BCUT2D eigenvalue weighted by Gasteiger charge is -2.33. The number of benzene rings is 1. The molecule has 2 aromatic rings. The summed E-state index contributed by atoms with van der Waals surface area (Å²) in [5.41, 5.74) is 2.52. The van der Waals surface area contributed by atoms with Crippen molar-refractivity contribution in [3.05, 3.63) is 48.0 Å². The number of ether oxygens (including phenoxy) is 2. The van der Waals surface area contributed by atoms with Gasteiger partial charge in [0.25, 0.3) is 5.91 Å². The summed E-state index contributed by atoms with van der Waals surface area (Å²) >= 11 is 0. The van der Waals surface area contributed by atoms with Gasteiger partial charge in [0.2, 0.25) is 10.0 Å². The Hall–Kier alpha value is -2.60. The Morgan fingerprint density at radius 3 is 2.53 bits per heavy atom. The number of nitrogens with one attached hydrogen (secondary N) is 1. The number of hydrogen-bond donors (Lipinski definition) is 2. The monoisotopic (exact) mass is 436 g/mol. The molecule has 10 nitrogen and oxygen atoms in total. The van der Waals surface area contributed by atoms with Gasteiger partial charge >= 0.3 is 0 Å². The van der Waals surface area contributed by atoms with E-state index in [1.165, 1.54) is 36.7 Å². The Kier molecular flexibility index (Phi) is 6.98. The van der Waals surface area contributed by atoms with Crippen molar-refractivity contribution in [2.45, 2.75) is 50.0 Å². The molecule has 0 spiro atoms. The lowest BCUT2D eigenvalue weighted by Crippen LogP contribution is -2.52. The van der Waals surface area contributed by atoms with Crippen LogP contribution in [0, 0.1) is 0 Å². The smallest absolute Gasteiger partial charge is 0.262 e. The minimum absolute atomic E-state index is 0.00251. The van der Waals surface area contributed by atoms with Gasteiger partial charge in [-0.3, -0.25) is 20.0 Å². The maximum Gasteiger partial charge on any atom is 0.262 e. The van der Waals surface area contributed by atoms with Crippen molar-refractivity contribution in [1.82, 2.24) is 19.8 Å². The van der Waals surface area contributed by atoms with Gasteiger partial charge in [-0.2, -0.15) is 4.31 Å². The highest BCUT2D eigenvalue weighted by atomic mass is 32.2. The fourth-order valence-electron chi connectivity index (χ4n) is 3.23. The van der Waals surface area contributed by atoms with Crippen LogP contribution in [0.1, 0.15) is 31.2 Å². The summed E-state index contributed by atoms with van der Waals surface area (Å²) < 4.78 is 38.5. The number of rotatable bonds is 8. The molecule has 2 heterocycles. The molecular weight excluding hydrogens is 412 g/mol. The van der Waals surface area contributed by atoms with E-state index in [0.717, 1.165) is 10.7 Å². The Balaban J connectivity index is 1.88. The molecule has 162 valence electrons. The number of hydrogen-bond acceptors (Lipinski definition) is 8. The molecule has 2 unspecified atom stereocenters. The Bertz CT molecular complexity index is 983. The van der Waals surface area contributed by atoms with Gasteiger partial charge in [0.1, 0.15) is 11.8 Å². The third-order valence-corrected chi connectivity index (χ3v) is 6.67. The predicted molar refractivity (Wildman–Crippen MR) is 105 cm³/mol. The second kappa shape index (κ2) is 9.47. The van der Waals surface area contributed by atoms with Gasteiger partial charge in [-0.05, 0) is 24.3 Å². The van der Waals surface area contributed by atoms with E-state index >= 15 is 0 Å². The minimum Gasteiger partial charge on any atom is -0.465 e. The van der Waals surface area contributed by atoms with Crippen LogP contribution < -0.4 is 10.2 Å². The number of fused-ring (bicyclic) bond motifs is 1. The van der Waals surface area contributed by atoms with Crippen molar-refractivity contribution in [3.8, 4) is 5.75 Å². The lowest BCUT2D eigenvalue weighted by molar-refractivity contribution is -0.133. The molecule has 2 atom stereocenters. The van der Waals surface area contributed by atoms with Crippen molar-refractivity contribution in [2.24, 2.45) is 0 Å². The van der Waals surface area contributed by atoms with Crippen molar-refractivity contribution < 1.29 is 27.9 Å². The first-order chi connectivity index (χ1) is 14.4. The van der Waals surface area contributed by atoms with E-state index < -0.39 is 28.3 Å². The molecule has 1 amide bonds. The van der Waals surface area contributed by atoms with Crippen LogP contribution in [0.2, 0.25) is 0 Å². The van der Waals surface area contributed by atoms with Crippen LogP contribution >= 0.6 is 0 Å². The maximum absolute atomic E-state index is 13.3. The Morgan fingerprint density at radius 1 is 1.27 bits per heavy atom. The van der Waals surface area contributed by atoms with Crippen LogP contribution in [0.4, 0.5) is 0 Å². The minimum atomic E-state index is -4.06. The molecule has 0 saturated carbocycles. The summed E-state index contributed by atoms with van der Waals surface area (Å²) in [4.78, 5) is 20.5. The lowest BCUT2D eigenvalue weighted by atomic mass is 10.0. The summed E-state index contributed by atoms with van der Waals surface area (Å²) in [5, 5.41) is 9.09. The standard InChI is InChI=1S/C19H24N4O6S/c1-3-4-18(28-2)29-13-5-7-14(8-6-13)30(26,27)23-12-16-15(20-9-10-21-16)11-17(23)19(24)22-25/h5-10,17-18,25H,3-4,11-12H2,1-2H3,(H,22,24). The molecule has 0 bridgehead atoms. The molecule has 2 N–H and O–H groups in total. The van der Waals surface area contributed by atoms with Gasteiger partial charge in [-0.15, -0.1) is 0 Å². The van der Waals surface area contributed by atoms with Gasteiger partial charge in [0, 0.05) is 32.3 Å². The van der Waals surface area contributed by atoms with Gasteiger partial charge < -0.3 is 9.47 Å². The van der Waals surface area contributed by atoms with E-state index in [2.05, 4.69) is 9.97 Å². The molecule has 30 heavy (non-hydrogen) atoms. The molecule has 3 rings (SSSR count). The normalized spacial score (nSPS) is 17.8. The maximum atomic E-state index is 13.3. The first kappa shape index (κ1) is 22.1. The summed E-state index contributed by atoms with van der Waals surface area (Å²) in [6.07, 6.45) is 4.09. The van der Waals surface area contributed by atoms with Crippen LogP contribution in [0.3, 0.4) is 0 Å². The van der Waals surface area contributed by atoms with Crippen LogP contribution in [-0.2, 0) is 32.5 Å². The van der Waals surface area contributed by atoms with Gasteiger partial charge in [-0.25, -0.2) is 13.9 Å². The second-order valence-corrected chi connectivity index (χ2v) is 8.63. The zero-order valence-corrected chi connectivity index (χ0v) is 17.5. The molecular formula is C19H24N4O6S. The molecule has 0 aliphatic carbocycles. The van der Waals surface area contributed by atoms with E-state index in [1.807, 2.05) is 6.92 Å². The van der Waals surface area contributed by atoms with Crippen LogP contribution in [0.15, 0.2) is 41.6 Å². The Morgan fingerprint density at radius 2 is 1.93 bits per heavy atom. The number of sulfonamides is 1. The van der Waals surface area contributed by atoms with Crippen LogP contribution in [0.5, 0.6) is 5.75 Å². The largest absolute Gasteiger partial charge is 0.465 e. The average molecular weight is 436 g/mol. The van der Waals surface area contributed by atoms with Crippen molar-refractivity contribution in [1.29, 1.82) is 0 Å². The molecule has 0 radical (unpaired) electrons. The summed E-state index contributed by atoms with van der Waals surface area (Å²) in [5.74, 6) is -0.369. The Labute approximate surface area is 174 Å². The first-order valence-corrected chi connectivity index (χ1v) is 10.9. The molecule has 11 heteroatoms. The molecule has 1 aliphatic rings. The van der Waals surface area contributed by atoms with Crippen molar-refractivity contribution in [3.63, 3.8) is 0 Å². The number of nitrogens with zero attached hydrogens (tertiary/aromatic N) is 3. The van der Waals surface area contributed by atoms with E-state index in [0.29, 0.717) is 23.6 Å². The third kappa shape index (κ3) is 4.59. The highest BCUT2D eigenvalue weighted by Gasteiger charge is 2.40. The number of methoxy groups -OCH3 is 1. The fourth-order valence-corrected chi connectivity index (χ4v) is 4.78. The van der Waals surface area contributed by atoms with Gasteiger partial charge in [0.15, 0.2) is 6.29 Å². The highest BCUT2D eigenvalue weighted by molar-refractivity contribution is 7.89. The van der Waals surface area contributed by atoms with E-state index in [9.17, 15) is 13.2 Å². The molecule has 0 fully saturated rings. The number of amides is 1. The molecule has 0 saturated heterocycles. The summed E-state index contributed by atoms with van der Waals surface area (Å²) in [6, 6.07) is 4.73. The average Bonchev–Trinajstić information content (AvgIpc) is 2.77. The number of aromatic nitrogens is 2. The van der Waals surface area contributed by atoms with Crippen LogP contribution in [0.25, 0.3) is 0 Å². The second-order valence-electron chi connectivity index (χ2n) is 6.74. The van der Waals surface area contributed by atoms with E-state index in [-0.39, 0.29) is 17.9 Å². The quantitative estimate of drug-likeness (QED) is 0.359.